The molecule has 0 radical (unpaired) electrons. The number of benzene rings is 1. The van der Waals surface area contributed by atoms with E-state index in [9.17, 15) is 4.79 Å². The molecule has 98 valence electrons. The maximum Gasteiger partial charge on any atom is 0.217 e. The number of carbonyl (C=O) groups is 1. The van der Waals surface area contributed by atoms with Gasteiger partial charge in [0.1, 0.15) is 0 Å². The molecule has 2 aromatic rings. The van der Waals surface area contributed by atoms with Crippen molar-refractivity contribution in [2.75, 3.05) is 5.75 Å². The van der Waals surface area contributed by atoms with Crippen LogP contribution in [0.15, 0.2) is 29.3 Å². The van der Waals surface area contributed by atoms with E-state index < -0.39 is 0 Å². The van der Waals surface area contributed by atoms with Gasteiger partial charge in [0.15, 0.2) is 0 Å². The lowest BCUT2D eigenvalue weighted by molar-refractivity contribution is -0.118. The molecular weight excluding hydrogens is 256 g/mol. The van der Waals surface area contributed by atoms with Crippen LogP contribution in [0.4, 0.5) is 0 Å². The van der Waals surface area contributed by atoms with Crippen molar-refractivity contribution >= 4 is 34.6 Å². The van der Waals surface area contributed by atoms with Gasteiger partial charge in [0.25, 0.3) is 0 Å². The summed E-state index contributed by atoms with van der Waals surface area (Å²) in [7, 11) is 0. The standard InChI is InChI=1S/C15H16N2OS/c16-14(18)5-1-3-10-9-17-12-6-7-13-11(15(10)12)4-2-8-19-13/h2,4,6-7,9,17H,1,3,5,8H2,(H2,16,18). The Kier molecular flexibility index (Phi) is 3.34. The average molecular weight is 272 g/mol. The number of carbonyl (C=O) groups excluding carboxylic acids is 1. The minimum Gasteiger partial charge on any atom is -0.370 e. The van der Waals surface area contributed by atoms with Gasteiger partial charge in [-0.3, -0.25) is 4.79 Å². The van der Waals surface area contributed by atoms with Gasteiger partial charge in [-0.1, -0.05) is 12.2 Å². The number of nitrogens with one attached hydrogen (secondary N) is 1. The van der Waals surface area contributed by atoms with Gasteiger partial charge >= 0.3 is 0 Å². The van der Waals surface area contributed by atoms with E-state index in [0.717, 1.165) is 18.6 Å². The van der Waals surface area contributed by atoms with Gasteiger partial charge in [-0.25, -0.2) is 0 Å². The third-order valence-electron chi connectivity index (χ3n) is 3.42. The number of primary amides is 1. The van der Waals surface area contributed by atoms with Gasteiger partial charge in [-0.15, -0.1) is 11.8 Å². The summed E-state index contributed by atoms with van der Waals surface area (Å²) in [5, 5.41) is 1.30. The van der Waals surface area contributed by atoms with Crippen LogP contribution < -0.4 is 5.73 Å². The van der Waals surface area contributed by atoms with Gasteiger partial charge in [0.2, 0.25) is 5.91 Å². The molecular formula is C15H16N2OS. The fourth-order valence-electron chi connectivity index (χ4n) is 2.55. The predicted molar refractivity (Wildman–Crippen MR) is 80.2 cm³/mol. The van der Waals surface area contributed by atoms with Crippen molar-refractivity contribution in [3.05, 3.63) is 35.5 Å². The number of H-pyrrole nitrogens is 1. The number of aromatic amines is 1. The number of hydrogen-bond donors (Lipinski definition) is 2. The lowest BCUT2D eigenvalue weighted by atomic mass is 10.0. The summed E-state index contributed by atoms with van der Waals surface area (Å²) < 4.78 is 0. The van der Waals surface area contributed by atoms with E-state index in [2.05, 4.69) is 35.5 Å². The maximum atomic E-state index is 10.8. The fourth-order valence-corrected chi connectivity index (χ4v) is 3.41. The normalized spacial score (nSPS) is 13.7. The predicted octanol–water partition coefficient (Wildman–Crippen LogP) is 3.09. The van der Waals surface area contributed by atoms with Gasteiger partial charge in [0, 0.05) is 34.2 Å². The van der Waals surface area contributed by atoms with E-state index in [0.29, 0.717) is 6.42 Å². The van der Waals surface area contributed by atoms with Crippen LogP contribution in [0, 0.1) is 0 Å². The number of aromatic nitrogens is 1. The van der Waals surface area contributed by atoms with Crippen LogP contribution in [0.25, 0.3) is 17.0 Å². The van der Waals surface area contributed by atoms with E-state index in [1.165, 1.54) is 26.9 Å². The molecule has 0 fully saturated rings. The molecule has 1 aliphatic heterocycles. The molecule has 1 aliphatic rings. The first-order chi connectivity index (χ1) is 9.25. The monoisotopic (exact) mass is 272 g/mol. The van der Waals surface area contributed by atoms with Crippen LogP contribution in [0.2, 0.25) is 0 Å². The quantitative estimate of drug-likeness (QED) is 0.898. The van der Waals surface area contributed by atoms with E-state index in [4.69, 9.17) is 5.73 Å². The van der Waals surface area contributed by atoms with Crippen molar-refractivity contribution in [2.24, 2.45) is 5.73 Å². The Balaban J connectivity index is 1.97. The highest BCUT2D eigenvalue weighted by Crippen LogP contribution is 2.35. The third-order valence-corrected chi connectivity index (χ3v) is 4.44. The molecule has 0 aliphatic carbocycles. The summed E-state index contributed by atoms with van der Waals surface area (Å²) in [5.74, 6) is 0.817. The average Bonchev–Trinajstić information content (AvgIpc) is 2.82. The number of hydrogen-bond acceptors (Lipinski definition) is 2. The molecule has 2 heterocycles. The minimum atomic E-state index is -0.225. The van der Waals surface area contributed by atoms with E-state index in [1.807, 2.05) is 11.8 Å². The van der Waals surface area contributed by atoms with Crippen LogP contribution >= 0.6 is 11.8 Å². The van der Waals surface area contributed by atoms with Crippen LogP contribution in [-0.4, -0.2) is 16.6 Å². The summed E-state index contributed by atoms with van der Waals surface area (Å²) in [6.07, 6.45) is 8.61. The van der Waals surface area contributed by atoms with Gasteiger partial charge in [0.05, 0.1) is 0 Å². The van der Waals surface area contributed by atoms with E-state index in [1.54, 1.807) is 0 Å². The Hall–Kier alpha value is -1.68. The summed E-state index contributed by atoms with van der Waals surface area (Å²) >= 11 is 1.87. The van der Waals surface area contributed by atoms with Gasteiger partial charge < -0.3 is 10.7 Å². The highest BCUT2D eigenvalue weighted by molar-refractivity contribution is 7.99. The number of amides is 1. The molecule has 1 aromatic carbocycles. The Bertz CT molecular complexity index is 657. The lowest BCUT2D eigenvalue weighted by Crippen LogP contribution is -2.10. The molecule has 0 spiro atoms. The molecule has 1 aromatic heterocycles. The second-order valence-electron chi connectivity index (χ2n) is 4.75. The van der Waals surface area contributed by atoms with E-state index in [-0.39, 0.29) is 5.91 Å². The number of nitrogens with two attached hydrogens (primary N) is 1. The van der Waals surface area contributed by atoms with Crippen molar-refractivity contribution in [3.63, 3.8) is 0 Å². The minimum absolute atomic E-state index is 0.225. The summed E-state index contributed by atoms with van der Waals surface area (Å²) in [4.78, 5) is 15.5. The first-order valence-electron chi connectivity index (χ1n) is 6.46. The number of fused-ring (bicyclic) bond motifs is 3. The van der Waals surface area contributed by atoms with Crippen LogP contribution in [0.5, 0.6) is 0 Å². The Morgan fingerprint density at radius 2 is 2.32 bits per heavy atom. The summed E-state index contributed by atoms with van der Waals surface area (Å²) in [5.41, 5.74) is 8.95. The number of rotatable bonds is 4. The fraction of sp³-hybridized carbons (Fsp3) is 0.267. The van der Waals surface area contributed by atoms with Crippen molar-refractivity contribution in [1.29, 1.82) is 0 Å². The molecule has 19 heavy (non-hydrogen) atoms. The zero-order valence-corrected chi connectivity index (χ0v) is 11.4. The van der Waals surface area contributed by atoms with Crippen molar-refractivity contribution in [2.45, 2.75) is 24.2 Å². The van der Waals surface area contributed by atoms with Crippen molar-refractivity contribution in [1.82, 2.24) is 4.98 Å². The lowest BCUT2D eigenvalue weighted by Gasteiger charge is -2.12. The summed E-state index contributed by atoms with van der Waals surface area (Å²) in [6.45, 7) is 0. The SMILES string of the molecule is NC(=O)CCCc1c[nH]c2ccc3c(c12)C=CCS3. The molecule has 0 saturated heterocycles. The van der Waals surface area contributed by atoms with Crippen molar-refractivity contribution in [3.8, 4) is 0 Å². The van der Waals surface area contributed by atoms with Gasteiger partial charge in [-0.2, -0.15) is 0 Å². The Labute approximate surface area is 116 Å². The molecule has 0 saturated carbocycles. The molecule has 3 nitrogen and oxygen atoms in total. The molecule has 0 bridgehead atoms. The van der Waals surface area contributed by atoms with Crippen LogP contribution in [0.3, 0.4) is 0 Å². The highest BCUT2D eigenvalue weighted by Gasteiger charge is 2.13. The highest BCUT2D eigenvalue weighted by atomic mass is 32.2. The van der Waals surface area contributed by atoms with E-state index >= 15 is 0 Å². The van der Waals surface area contributed by atoms with Crippen LogP contribution in [0.1, 0.15) is 24.0 Å². The smallest absolute Gasteiger partial charge is 0.217 e. The maximum absolute atomic E-state index is 10.8. The second kappa shape index (κ2) is 5.13. The molecule has 3 N–H and O–H groups in total. The zero-order chi connectivity index (χ0) is 13.2. The zero-order valence-electron chi connectivity index (χ0n) is 10.6. The first-order valence-corrected chi connectivity index (χ1v) is 7.45. The van der Waals surface area contributed by atoms with Gasteiger partial charge in [-0.05, 0) is 36.1 Å². The second-order valence-corrected chi connectivity index (χ2v) is 5.81. The number of aryl methyl sites for hydroxylation is 1. The molecule has 0 unspecified atom stereocenters. The Morgan fingerprint density at radius 1 is 1.42 bits per heavy atom. The summed E-state index contributed by atoms with van der Waals surface area (Å²) in [6, 6.07) is 4.31. The Morgan fingerprint density at radius 3 is 3.16 bits per heavy atom. The topological polar surface area (TPSA) is 58.9 Å². The molecule has 1 amide bonds. The third kappa shape index (κ3) is 2.40. The first kappa shape index (κ1) is 12.4. The molecule has 0 atom stereocenters. The largest absolute Gasteiger partial charge is 0.370 e. The molecule has 4 heteroatoms. The van der Waals surface area contributed by atoms with Crippen LogP contribution in [-0.2, 0) is 11.2 Å². The molecule has 3 rings (SSSR count). The number of thioether (sulfide) groups is 1. The van der Waals surface area contributed by atoms with Crippen molar-refractivity contribution < 1.29 is 4.79 Å².